The molecule has 0 bridgehead atoms. The molecule has 2 heterocycles. The van der Waals surface area contributed by atoms with E-state index in [4.69, 9.17) is 0 Å². The van der Waals surface area contributed by atoms with Gasteiger partial charge < -0.3 is 4.90 Å². The Morgan fingerprint density at radius 3 is 2.82 bits per heavy atom. The highest BCUT2D eigenvalue weighted by molar-refractivity contribution is 7.99. The molecule has 0 radical (unpaired) electrons. The highest BCUT2D eigenvalue weighted by Gasteiger charge is 2.37. The van der Waals surface area contributed by atoms with Crippen LogP contribution < -0.4 is 0 Å². The van der Waals surface area contributed by atoms with Crippen LogP contribution in [0, 0.1) is 12.8 Å². The third kappa shape index (κ3) is 2.13. The van der Waals surface area contributed by atoms with Gasteiger partial charge in [0.05, 0.1) is 0 Å². The number of aryl methyl sites for hydroxylation is 1. The summed E-state index contributed by atoms with van der Waals surface area (Å²) in [5.74, 6) is 1.81. The lowest BCUT2D eigenvalue weighted by atomic mass is 9.84. The number of amides is 1. The topological polar surface area (TPSA) is 20.3 Å². The fraction of sp³-hybridized carbons (Fsp3) is 0.615. The summed E-state index contributed by atoms with van der Waals surface area (Å²) < 4.78 is 0. The Labute approximate surface area is 110 Å². The van der Waals surface area contributed by atoms with Crippen LogP contribution in [-0.4, -0.2) is 23.1 Å². The van der Waals surface area contributed by atoms with Crippen molar-refractivity contribution >= 4 is 29.0 Å². The molecular weight excluding hydrogens is 250 g/mol. The molecular formula is C13H17NOS2. The molecule has 1 atom stereocenters. The van der Waals surface area contributed by atoms with E-state index >= 15 is 0 Å². The monoisotopic (exact) mass is 267 g/mol. The minimum atomic E-state index is 0.293. The fourth-order valence-electron chi connectivity index (χ4n) is 2.41. The summed E-state index contributed by atoms with van der Waals surface area (Å²) in [6, 6.07) is 4.34. The maximum absolute atomic E-state index is 12.3. The molecule has 92 valence electrons. The molecule has 4 heteroatoms. The molecule has 1 aliphatic heterocycles. The van der Waals surface area contributed by atoms with Gasteiger partial charge in [-0.25, -0.2) is 0 Å². The van der Waals surface area contributed by atoms with Crippen LogP contribution in [0.5, 0.6) is 0 Å². The number of carbonyl (C=O) groups is 1. The van der Waals surface area contributed by atoms with Gasteiger partial charge in [-0.1, -0.05) is 6.42 Å². The Morgan fingerprint density at radius 1 is 1.41 bits per heavy atom. The fourth-order valence-corrected chi connectivity index (χ4v) is 4.79. The first-order valence-electron chi connectivity index (χ1n) is 6.24. The molecule has 1 aromatic rings. The molecule has 2 aliphatic rings. The van der Waals surface area contributed by atoms with Crippen LogP contribution in [0.25, 0.3) is 0 Å². The molecule has 0 aromatic carbocycles. The van der Waals surface area contributed by atoms with E-state index < -0.39 is 0 Å². The Balaban J connectivity index is 1.77. The minimum Gasteiger partial charge on any atom is -0.325 e. The van der Waals surface area contributed by atoms with Crippen molar-refractivity contribution in [1.82, 2.24) is 4.90 Å². The molecule has 3 rings (SSSR count). The van der Waals surface area contributed by atoms with Crippen LogP contribution in [0.3, 0.4) is 0 Å². The smallest absolute Gasteiger partial charge is 0.226 e. The van der Waals surface area contributed by atoms with Crippen molar-refractivity contribution in [2.75, 3.05) is 12.3 Å². The van der Waals surface area contributed by atoms with E-state index in [1.165, 1.54) is 16.2 Å². The third-order valence-corrected chi connectivity index (χ3v) is 6.08. The summed E-state index contributed by atoms with van der Waals surface area (Å²) in [6.07, 6.45) is 3.45. The molecule has 1 saturated heterocycles. The standard InChI is InChI=1S/C13H17NOS2/c1-9-5-6-11(17-9)13-14(7-8-16-13)12(15)10-3-2-4-10/h5-6,10,13H,2-4,7-8H2,1H3/t13-/m0/s1. The van der Waals surface area contributed by atoms with E-state index in [0.717, 1.165) is 25.1 Å². The first kappa shape index (κ1) is 11.6. The largest absolute Gasteiger partial charge is 0.325 e. The maximum Gasteiger partial charge on any atom is 0.226 e. The van der Waals surface area contributed by atoms with Crippen molar-refractivity contribution < 1.29 is 4.79 Å². The molecule has 1 saturated carbocycles. The van der Waals surface area contributed by atoms with Crippen molar-refractivity contribution in [2.24, 2.45) is 5.92 Å². The summed E-state index contributed by atoms with van der Waals surface area (Å²) in [5.41, 5.74) is 0. The first-order chi connectivity index (χ1) is 8.25. The maximum atomic E-state index is 12.3. The van der Waals surface area contributed by atoms with E-state index in [-0.39, 0.29) is 0 Å². The van der Waals surface area contributed by atoms with Gasteiger partial charge in [-0.3, -0.25) is 4.79 Å². The average Bonchev–Trinajstić information content (AvgIpc) is 2.81. The summed E-state index contributed by atoms with van der Waals surface area (Å²) in [7, 11) is 0. The lowest BCUT2D eigenvalue weighted by Gasteiger charge is -2.31. The number of thiophene rings is 1. The number of hydrogen-bond donors (Lipinski definition) is 0. The Kier molecular flexibility index (Phi) is 3.17. The van der Waals surface area contributed by atoms with E-state index in [0.29, 0.717) is 17.2 Å². The molecule has 1 amide bonds. The second kappa shape index (κ2) is 4.65. The second-order valence-electron chi connectivity index (χ2n) is 4.83. The van der Waals surface area contributed by atoms with Gasteiger partial charge in [0.25, 0.3) is 0 Å². The van der Waals surface area contributed by atoms with Crippen LogP contribution in [-0.2, 0) is 4.79 Å². The van der Waals surface area contributed by atoms with Crippen molar-refractivity contribution in [3.63, 3.8) is 0 Å². The lowest BCUT2D eigenvalue weighted by molar-refractivity contribution is -0.138. The van der Waals surface area contributed by atoms with Gasteiger partial charge in [-0.2, -0.15) is 0 Å². The van der Waals surface area contributed by atoms with Crippen molar-refractivity contribution in [2.45, 2.75) is 31.6 Å². The Bertz CT molecular complexity index is 425. The zero-order valence-corrected chi connectivity index (χ0v) is 11.6. The van der Waals surface area contributed by atoms with Gasteiger partial charge in [-0.05, 0) is 31.9 Å². The second-order valence-corrected chi connectivity index (χ2v) is 7.34. The number of rotatable bonds is 2. The van der Waals surface area contributed by atoms with Crippen molar-refractivity contribution in [3.05, 3.63) is 21.9 Å². The van der Waals surface area contributed by atoms with Gasteiger partial charge >= 0.3 is 0 Å². The van der Waals surface area contributed by atoms with Crippen LogP contribution >= 0.6 is 23.1 Å². The Morgan fingerprint density at radius 2 is 2.24 bits per heavy atom. The minimum absolute atomic E-state index is 0.293. The molecule has 0 N–H and O–H groups in total. The molecule has 17 heavy (non-hydrogen) atoms. The average molecular weight is 267 g/mol. The molecule has 0 spiro atoms. The molecule has 1 aliphatic carbocycles. The van der Waals surface area contributed by atoms with E-state index in [1.807, 2.05) is 23.1 Å². The van der Waals surface area contributed by atoms with Crippen LogP contribution in [0.4, 0.5) is 0 Å². The first-order valence-corrected chi connectivity index (χ1v) is 8.10. The summed E-state index contributed by atoms with van der Waals surface area (Å²) in [6.45, 7) is 3.06. The molecule has 2 nitrogen and oxygen atoms in total. The molecule has 0 unspecified atom stereocenters. The van der Waals surface area contributed by atoms with Crippen LogP contribution in [0.2, 0.25) is 0 Å². The predicted octanol–water partition coefficient (Wildman–Crippen LogP) is 3.43. The van der Waals surface area contributed by atoms with Gasteiger partial charge in [0.2, 0.25) is 5.91 Å². The summed E-state index contributed by atoms with van der Waals surface area (Å²) in [5, 5.41) is 0.293. The molecule has 2 fully saturated rings. The highest BCUT2D eigenvalue weighted by Crippen LogP contribution is 2.43. The van der Waals surface area contributed by atoms with Gasteiger partial charge in [0.15, 0.2) is 0 Å². The summed E-state index contributed by atoms with van der Waals surface area (Å²) >= 11 is 3.74. The van der Waals surface area contributed by atoms with Gasteiger partial charge in [0, 0.05) is 28.0 Å². The van der Waals surface area contributed by atoms with Crippen molar-refractivity contribution in [1.29, 1.82) is 0 Å². The lowest BCUT2D eigenvalue weighted by Crippen LogP contribution is -2.38. The van der Waals surface area contributed by atoms with Crippen LogP contribution in [0.1, 0.15) is 34.4 Å². The number of nitrogens with zero attached hydrogens (tertiary/aromatic N) is 1. The Hall–Kier alpha value is -0.480. The van der Waals surface area contributed by atoms with E-state index in [9.17, 15) is 4.79 Å². The van der Waals surface area contributed by atoms with Gasteiger partial charge in [-0.15, -0.1) is 23.1 Å². The normalized spacial score (nSPS) is 25.0. The van der Waals surface area contributed by atoms with E-state index in [2.05, 4.69) is 24.0 Å². The zero-order chi connectivity index (χ0) is 11.8. The number of hydrogen-bond acceptors (Lipinski definition) is 3. The third-order valence-electron chi connectivity index (χ3n) is 3.63. The predicted molar refractivity (Wildman–Crippen MR) is 73.3 cm³/mol. The quantitative estimate of drug-likeness (QED) is 0.818. The number of thioether (sulfide) groups is 1. The highest BCUT2D eigenvalue weighted by atomic mass is 32.2. The summed E-state index contributed by atoms with van der Waals surface area (Å²) in [4.78, 5) is 17.1. The number of carbonyl (C=O) groups excluding carboxylic acids is 1. The molecule has 1 aromatic heterocycles. The van der Waals surface area contributed by atoms with Gasteiger partial charge in [0.1, 0.15) is 5.37 Å². The van der Waals surface area contributed by atoms with Crippen molar-refractivity contribution in [3.8, 4) is 0 Å². The van der Waals surface area contributed by atoms with Crippen LogP contribution in [0.15, 0.2) is 12.1 Å². The van der Waals surface area contributed by atoms with E-state index in [1.54, 1.807) is 0 Å². The zero-order valence-electron chi connectivity index (χ0n) is 10.0. The SMILES string of the molecule is Cc1ccc([C@@H]2SCCN2C(=O)C2CCC2)s1.